The Kier molecular flexibility index (Phi) is 4.31. The fraction of sp³-hybridized carbons (Fsp3) is 0.389. The molecule has 0 bridgehead atoms. The van der Waals surface area contributed by atoms with Crippen molar-refractivity contribution in [2.24, 2.45) is 7.05 Å². The SMILES string of the molecule is CCN1CCSC1=CC=C1CCn2c1[n+](C)c1cc(Cl)c(Cl)cc12. The van der Waals surface area contributed by atoms with Crippen molar-refractivity contribution in [3.63, 3.8) is 0 Å². The maximum absolute atomic E-state index is 6.23. The van der Waals surface area contributed by atoms with E-state index in [0.717, 1.165) is 37.1 Å². The molecule has 1 aromatic heterocycles. The van der Waals surface area contributed by atoms with Gasteiger partial charge in [0.25, 0.3) is 5.82 Å². The average Bonchev–Trinajstić information content (AvgIpc) is 3.25. The van der Waals surface area contributed by atoms with Gasteiger partial charge in [-0.15, -0.1) is 11.8 Å². The number of allylic oxidation sites excluding steroid dienone is 3. The minimum absolute atomic E-state index is 0.609. The maximum Gasteiger partial charge on any atom is 0.285 e. The molecule has 0 saturated carbocycles. The van der Waals surface area contributed by atoms with Gasteiger partial charge in [-0.25, -0.2) is 9.13 Å². The number of thioether (sulfide) groups is 1. The van der Waals surface area contributed by atoms with E-state index in [1.165, 1.54) is 22.2 Å². The normalized spacial score (nSPS) is 20.8. The van der Waals surface area contributed by atoms with E-state index in [4.69, 9.17) is 23.2 Å². The quantitative estimate of drug-likeness (QED) is 0.712. The molecule has 0 spiro atoms. The van der Waals surface area contributed by atoms with Crippen LogP contribution in [0.4, 0.5) is 0 Å². The fourth-order valence-corrected chi connectivity index (χ4v) is 5.04. The third-order valence-corrected chi connectivity index (χ3v) is 6.67. The van der Waals surface area contributed by atoms with Crippen LogP contribution in [-0.4, -0.2) is 28.3 Å². The summed E-state index contributed by atoms with van der Waals surface area (Å²) in [7, 11) is 2.10. The van der Waals surface area contributed by atoms with Crippen LogP contribution in [-0.2, 0) is 13.6 Å². The molecular formula is C18H20Cl2N3S+. The molecule has 2 aromatic rings. The Balaban J connectivity index is 1.79. The number of aryl methyl sites for hydroxylation is 2. The zero-order chi connectivity index (χ0) is 16.8. The highest BCUT2D eigenvalue weighted by atomic mass is 35.5. The first-order valence-corrected chi connectivity index (χ1v) is 10.0. The van der Waals surface area contributed by atoms with Crippen LogP contribution in [0.1, 0.15) is 19.2 Å². The summed E-state index contributed by atoms with van der Waals surface area (Å²) in [5.41, 5.74) is 3.66. The Bertz CT molecular complexity index is 882. The van der Waals surface area contributed by atoms with Crippen molar-refractivity contribution in [2.45, 2.75) is 19.9 Å². The van der Waals surface area contributed by atoms with E-state index in [1.54, 1.807) is 0 Å². The summed E-state index contributed by atoms with van der Waals surface area (Å²) >= 11 is 14.4. The van der Waals surface area contributed by atoms with Gasteiger partial charge in [0.15, 0.2) is 11.0 Å². The number of halogens is 2. The molecule has 0 amide bonds. The number of nitrogens with zero attached hydrogens (tertiary/aromatic N) is 3. The lowest BCUT2D eigenvalue weighted by molar-refractivity contribution is -0.647. The largest absolute Gasteiger partial charge is 0.366 e. The number of hydrogen-bond donors (Lipinski definition) is 0. The molecule has 0 N–H and O–H groups in total. The first kappa shape index (κ1) is 16.4. The van der Waals surface area contributed by atoms with Gasteiger partial charge in [0.1, 0.15) is 0 Å². The highest BCUT2D eigenvalue weighted by Gasteiger charge is 2.31. The summed E-state index contributed by atoms with van der Waals surface area (Å²) in [5, 5.41) is 2.61. The summed E-state index contributed by atoms with van der Waals surface area (Å²) in [6.07, 6.45) is 5.63. The van der Waals surface area contributed by atoms with Crippen LogP contribution in [0.15, 0.2) is 29.3 Å². The number of aromatic nitrogens is 2. The lowest BCUT2D eigenvalue weighted by Crippen LogP contribution is -2.31. The Morgan fingerprint density at radius 1 is 1.21 bits per heavy atom. The topological polar surface area (TPSA) is 12.1 Å². The molecule has 0 atom stereocenters. The van der Waals surface area contributed by atoms with E-state index >= 15 is 0 Å². The van der Waals surface area contributed by atoms with Gasteiger partial charge in [0.05, 0.1) is 28.7 Å². The number of hydrogen-bond acceptors (Lipinski definition) is 2. The molecular weight excluding hydrogens is 361 g/mol. The molecule has 1 saturated heterocycles. The molecule has 4 rings (SSSR count). The molecule has 1 aromatic carbocycles. The number of rotatable bonds is 2. The summed E-state index contributed by atoms with van der Waals surface area (Å²) < 4.78 is 4.58. The van der Waals surface area contributed by atoms with Gasteiger partial charge in [-0.3, -0.25) is 0 Å². The van der Waals surface area contributed by atoms with Gasteiger partial charge >= 0.3 is 0 Å². The second kappa shape index (κ2) is 6.32. The van der Waals surface area contributed by atoms with E-state index in [1.807, 2.05) is 23.9 Å². The monoisotopic (exact) mass is 380 g/mol. The van der Waals surface area contributed by atoms with Crippen molar-refractivity contribution in [3.8, 4) is 0 Å². The van der Waals surface area contributed by atoms with Gasteiger partial charge in [-0.1, -0.05) is 23.2 Å². The van der Waals surface area contributed by atoms with Crippen LogP contribution in [0.5, 0.6) is 0 Å². The Labute approximate surface area is 156 Å². The van der Waals surface area contributed by atoms with Crippen molar-refractivity contribution < 1.29 is 4.57 Å². The lowest BCUT2D eigenvalue weighted by atomic mass is 10.2. The molecule has 3 heterocycles. The van der Waals surface area contributed by atoms with Crippen molar-refractivity contribution in [3.05, 3.63) is 45.2 Å². The highest BCUT2D eigenvalue weighted by Crippen LogP contribution is 2.34. The molecule has 0 radical (unpaired) electrons. The summed E-state index contributed by atoms with van der Waals surface area (Å²) in [4.78, 5) is 2.44. The molecule has 126 valence electrons. The first-order valence-electron chi connectivity index (χ1n) is 8.26. The van der Waals surface area contributed by atoms with Crippen LogP contribution in [0, 0.1) is 0 Å². The standard InChI is InChI=1S/C18H20Cl2N3S/c1-3-22-8-9-24-17(22)5-4-12-6-7-23-16-11-14(20)13(19)10-15(16)21(2)18(12)23/h4-5,10-11H,3,6-9H2,1-2H3/q+1. The zero-order valence-electron chi connectivity index (χ0n) is 13.9. The number of benzene rings is 1. The Hall–Kier alpha value is -1.10. The van der Waals surface area contributed by atoms with Crippen LogP contribution in [0.2, 0.25) is 10.0 Å². The van der Waals surface area contributed by atoms with E-state index in [2.05, 4.69) is 40.2 Å². The lowest BCUT2D eigenvalue weighted by Gasteiger charge is -2.15. The van der Waals surface area contributed by atoms with Gasteiger partial charge in [0.2, 0.25) is 0 Å². The highest BCUT2D eigenvalue weighted by molar-refractivity contribution is 8.03. The third-order valence-electron chi connectivity index (χ3n) is 4.87. The molecule has 3 nitrogen and oxygen atoms in total. The molecule has 2 aliphatic rings. The predicted molar refractivity (Wildman–Crippen MR) is 104 cm³/mol. The first-order chi connectivity index (χ1) is 11.6. The number of fused-ring (bicyclic) bond motifs is 3. The van der Waals surface area contributed by atoms with Crippen molar-refractivity contribution in [2.75, 3.05) is 18.8 Å². The van der Waals surface area contributed by atoms with Gasteiger partial charge in [0, 0.05) is 43.0 Å². The van der Waals surface area contributed by atoms with E-state index in [0.29, 0.717) is 10.0 Å². The molecule has 2 aliphatic heterocycles. The third kappa shape index (κ3) is 2.56. The van der Waals surface area contributed by atoms with Crippen molar-refractivity contribution in [1.82, 2.24) is 9.47 Å². The van der Waals surface area contributed by atoms with Crippen LogP contribution in [0.25, 0.3) is 16.6 Å². The zero-order valence-corrected chi connectivity index (χ0v) is 16.2. The van der Waals surface area contributed by atoms with Crippen LogP contribution < -0.4 is 4.57 Å². The second-order valence-corrected chi connectivity index (χ2v) is 8.09. The minimum Gasteiger partial charge on any atom is -0.366 e. The Morgan fingerprint density at radius 3 is 2.79 bits per heavy atom. The van der Waals surface area contributed by atoms with E-state index in [-0.39, 0.29) is 0 Å². The maximum atomic E-state index is 6.23. The summed E-state index contributed by atoms with van der Waals surface area (Å²) in [6.45, 7) is 5.44. The Morgan fingerprint density at radius 2 is 2.00 bits per heavy atom. The smallest absolute Gasteiger partial charge is 0.285 e. The van der Waals surface area contributed by atoms with Gasteiger partial charge < -0.3 is 4.90 Å². The number of imidazole rings is 1. The molecule has 6 heteroatoms. The van der Waals surface area contributed by atoms with Crippen LogP contribution in [0.3, 0.4) is 0 Å². The average molecular weight is 381 g/mol. The van der Waals surface area contributed by atoms with E-state index < -0.39 is 0 Å². The van der Waals surface area contributed by atoms with Gasteiger partial charge in [-0.05, 0) is 19.1 Å². The minimum atomic E-state index is 0.609. The molecule has 0 aliphatic carbocycles. The summed E-state index contributed by atoms with van der Waals surface area (Å²) in [6, 6.07) is 3.95. The summed E-state index contributed by atoms with van der Waals surface area (Å²) in [5.74, 6) is 2.44. The molecule has 24 heavy (non-hydrogen) atoms. The molecule has 0 unspecified atom stereocenters. The van der Waals surface area contributed by atoms with Crippen LogP contribution >= 0.6 is 35.0 Å². The second-order valence-electron chi connectivity index (χ2n) is 6.16. The molecule has 1 fully saturated rings. The van der Waals surface area contributed by atoms with Gasteiger partial charge in [-0.2, -0.15) is 0 Å². The predicted octanol–water partition coefficient (Wildman–Crippen LogP) is 4.47. The fourth-order valence-electron chi connectivity index (χ4n) is 3.64. The van der Waals surface area contributed by atoms with E-state index in [9.17, 15) is 0 Å². The van der Waals surface area contributed by atoms with Crippen molar-refractivity contribution >= 4 is 51.6 Å². The van der Waals surface area contributed by atoms with Crippen molar-refractivity contribution in [1.29, 1.82) is 0 Å².